The van der Waals surface area contributed by atoms with Crippen LogP contribution in [0.4, 0.5) is 0 Å². The Kier molecular flexibility index (Phi) is 3.47. The summed E-state index contributed by atoms with van der Waals surface area (Å²) in [5.41, 5.74) is 3.69. The molecule has 2 rings (SSSR count). The molecule has 0 saturated heterocycles. The van der Waals surface area contributed by atoms with Gasteiger partial charge in [0, 0.05) is 0 Å². The first-order chi connectivity index (χ1) is 6.09. The molecule has 14 heavy (non-hydrogen) atoms. The monoisotopic (exact) mass is 195 g/mol. The van der Waals surface area contributed by atoms with Gasteiger partial charge in [0.2, 0.25) is 0 Å². The maximum Gasteiger partial charge on any atom is 1.00 e. The molecule has 1 aromatic rings. The standard InChI is InChI=1S/C12H16Si.Li/c1-13(2,3)12-9-8-10-6-4-5-7-11(10)12;/h4-9,12H,1-3H3;/q;+1. The molecule has 0 amide bonds. The second-order valence-electron chi connectivity index (χ2n) is 4.83. The second-order valence-corrected chi connectivity index (χ2v) is 10.2. The molecular formula is C12H16LiSi+. The van der Waals surface area contributed by atoms with Crippen molar-refractivity contribution < 1.29 is 18.9 Å². The number of rotatable bonds is 1. The van der Waals surface area contributed by atoms with Crippen molar-refractivity contribution in [2.45, 2.75) is 25.2 Å². The molecular weight excluding hydrogens is 179 g/mol. The van der Waals surface area contributed by atoms with Gasteiger partial charge < -0.3 is 0 Å². The average Bonchev–Trinajstić information content (AvgIpc) is 2.45. The summed E-state index contributed by atoms with van der Waals surface area (Å²) < 4.78 is 0. The van der Waals surface area contributed by atoms with Crippen LogP contribution in [0.2, 0.25) is 19.6 Å². The maximum absolute atomic E-state index is 2.43. The molecule has 0 saturated carbocycles. The molecule has 0 aromatic heterocycles. The van der Waals surface area contributed by atoms with Gasteiger partial charge in [-0.2, -0.15) is 0 Å². The Morgan fingerprint density at radius 3 is 2.36 bits per heavy atom. The Bertz CT molecular complexity index is 350. The summed E-state index contributed by atoms with van der Waals surface area (Å²) in [6, 6.07) is 8.76. The topological polar surface area (TPSA) is 0 Å². The van der Waals surface area contributed by atoms with E-state index in [0.29, 0.717) is 0 Å². The third-order valence-corrected chi connectivity index (χ3v) is 5.10. The van der Waals surface area contributed by atoms with Gasteiger partial charge in [-0.3, -0.25) is 0 Å². The first-order valence-corrected chi connectivity index (χ1v) is 8.44. The molecule has 1 atom stereocenters. The van der Waals surface area contributed by atoms with Crippen molar-refractivity contribution in [3.05, 3.63) is 41.5 Å². The largest absolute Gasteiger partial charge is 1.00 e. The summed E-state index contributed by atoms with van der Waals surface area (Å²) >= 11 is 0. The number of hydrogen-bond donors (Lipinski definition) is 0. The number of benzene rings is 1. The van der Waals surface area contributed by atoms with Crippen LogP contribution in [0.5, 0.6) is 0 Å². The third kappa shape index (κ3) is 2.06. The van der Waals surface area contributed by atoms with Crippen molar-refractivity contribution in [1.82, 2.24) is 0 Å². The SMILES string of the molecule is C[Si](C)(C)C1C=Cc2ccccc21.[Li+]. The van der Waals surface area contributed by atoms with Gasteiger partial charge in [-0.25, -0.2) is 0 Å². The quantitative estimate of drug-likeness (QED) is 0.578. The van der Waals surface area contributed by atoms with E-state index in [-0.39, 0.29) is 18.9 Å². The van der Waals surface area contributed by atoms with E-state index in [1.165, 1.54) is 5.56 Å². The Hall–Kier alpha value is -0.226. The minimum absolute atomic E-state index is 0. The number of allylic oxidation sites excluding steroid dienone is 1. The van der Waals surface area contributed by atoms with Crippen LogP contribution < -0.4 is 18.9 Å². The Balaban J connectivity index is 0.000000980. The summed E-state index contributed by atoms with van der Waals surface area (Å²) in [4.78, 5) is 0. The van der Waals surface area contributed by atoms with Gasteiger partial charge in [0.05, 0.1) is 8.07 Å². The molecule has 0 aliphatic heterocycles. The van der Waals surface area contributed by atoms with E-state index in [4.69, 9.17) is 0 Å². The summed E-state index contributed by atoms with van der Waals surface area (Å²) in [5, 5.41) is 0. The number of fused-ring (bicyclic) bond motifs is 1. The molecule has 0 spiro atoms. The molecule has 0 bridgehead atoms. The van der Waals surface area contributed by atoms with Crippen molar-refractivity contribution in [2.75, 3.05) is 0 Å². The fraction of sp³-hybridized carbons (Fsp3) is 0.333. The predicted octanol–water partition coefficient (Wildman–Crippen LogP) is 0.678. The fourth-order valence-corrected chi connectivity index (χ4v) is 3.87. The molecule has 1 aromatic carbocycles. The van der Waals surface area contributed by atoms with Gasteiger partial charge >= 0.3 is 18.9 Å². The van der Waals surface area contributed by atoms with E-state index in [9.17, 15) is 0 Å². The van der Waals surface area contributed by atoms with Crippen molar-refractivity contribution in [3.8, 4) is 0 Å². The summed E-state index contributed by atoms with van der Waals surface area (Å²) in [7, 11) is -1.06. The van der Waals surface area contributed by atoms with E-state index in [2.05, 4.69) is 56.1 Å². The zero-order valence-corrected chi connectivity index (χ0v) is 10.5. The van der Waals surface area contributed by atoms with E-state index in [1.54, 1.807) is 5.56 Å². The molecule has 1 aliphatic carbocycles. The van der Waals surface area contributed by atoms with E-state index in [0.717, 1.165) is 5.54 Å². The van der Waals surface area contributed by atoms with Gasteiger partial charge in [-0.15, -0.1) is 0 Å². The van der Waals surface area contributed by atoms with Crippen LogP contribution in [0.15, 0.2) is 30.3 Å². The maximum atomic E-state index is 2.43. The first-order valence-electron chi connectivity index (χ1n) is 4.86. The summed E-state index contributed by atoms with van der Waals surface area (Å²) in [6.45, 7) is 7.30. The van der Waals surface area contributed by atoms with E-state index < -0.39 is 8.07 Å². The van der Waals surface area contributed by atoms with Crippen LogP contribution in [-0.2, 0) is 0 Å². The first kappa shape index (κ1) is 11.8. The minimum Gasteiger partial charge on any atom is -0.0791 e. The molecule has 1 unspecified atom stereocenters. The summed E-state index contributed by atoms with van der Waals surface area (Å²) in [5.74, 6) is 0. The van der Waals surface area contributed by atoms with Crippen LogP contribution in [0.25, 0.3) is 6.08 Å². The molecule has 0 nitrogen and oxygen atoms in total. The molecule has 68 valence electrons. The Morgan fingerprint density at radius 2 is 1.71 bits per heavy atom. The zero-order valence-electron chi connectivity index (χ0n) is 9.54. The van der Waals surface area contributed by atoms with Crippen molar-refractivity contribution in [2.24, 2.45) is 0 Å². The normalized spacial score (nSPS) is 18.9. The minimum atomic E-state index is -1.06. The van der Waals surface area contributed by atoms with E-state index in [1.807, 2.05) is 0 Å². The molecule has 0 N–H and O–H groups in total. The van der Waals surface area contributed by atoms with Crippen LogP contribution in [0.3, 0.4) is 0 Å². The molecule has 0 radical (unpaired) electrons. The number of hydrogen-bond acceptors (Lipinski definition) is 0. The predicted molar refractivity (Wildman–Crippen MR) is 61.6 cm³/mol. The average molecular weight is 195 g/mol. The molecule has 2 heteroatoms. The van der Waals surface area contributed by atoms with Gasteiger partial charge in [0.25, 0.3) is 0 Å². The second kappa shape index (κ2) is 4.10. The van der Waals surface area contributed by atoms with Crippen LogP contribution in [0.1, 0.15) is 16.7 Å². The van der Waals surface area contributed by atoms with Crippen molar-refractivity contribution >= 4 is 14.1 Å². The van der Waals surface area contributed by atoms with Gasteiger partial charge in [0.15, 0.2) is 0 Å². The zero-order chi connectivity index (χ0) is 9.47. The fourth-order valence-electron chi connectivity index (χ4n) is 2.00. The van der Waals surface area contributed by atoms with E-state index >= 15 is 0 Å². The van der Waals surface area contributed by atoms with Crippen LogP contribution in [-0.4, -0.2) is 8.07 Å². The smallest absolute Gasteiger partial charge is 0.0791 e. The van der Waals surface area contributed by atoms with Gasteiger partial charge in [0.1, 0.15) is 0 Å². The summed E-state index contributed by atoms with van der Waals surface area (Å²) in [6.07, 6.45) is 4.66. The Labute approximate surface area is 99.6 Å². The van der Waals surface area contributed by atoms with Crippen molar-refractivity contribution in [3.63, 3.8) is 0 Å². The molecule has 0 fully saturated rings. The van der Waals surface area contributed by atoms with Gasteiger partial charge in [-0.05, 0) is 16.7 Å². The van der Waals surface area contributed by atoms with Gasteiger partial charge in [-0.1, -0.05) is 56.1 Å². The molecule has 0 heterocycles. The van der Waals surface area contributed by atoms with Crippen LogP contribution in [0, 0.1) is 0 Å². The Morgan fingerprint density at radius 1 is 1.07 bits per heavy atom. The van der Waals surface area contributed by atoms with Crippen molar-refractivity contribution in [1.29, 1.82) is 0 Å². The third-order valence-electron chi connectivity index (χ3n) is 2.73. The van der Waals surface area contributed by atoms with Crippen LogP contribution >= 0.6 is 0 Å². The molecule has 1 aliphatic rings.